The lowest BCUT2D eigenvalue weighted by Crippen LogP contribution is -2.46. The number of carbonyl (C=O) groups is 1. The molecule has 0 aromatic heterocycles. The molecule has 4 heteroatoms. The summed E-state index contributed by atoms with van der Waals surface area (Å²) in [6, 6.07) is 2.22. The van der Waals surface area contributed by atoms with Crippen LogP contribution in [0.5, 0.6) is 0 Å². The van der Waals surface area contributed by atoms with Gasteiger partial charge >= 0.3 is 0 Å². The van der Waals surface area contributed by atoms with Crippen LogP contribution in [0.15, 0.2) is 0 Å². The lowest BCUT2D eigenvalue weighted by Gasteiger charge is -2.37. The topological polar surface area (TPSA) is 53.3 Å². The van der Waals surface area contributed by atoms with E-state index in [1.165, 1.54) is 0 Å². The third kappa shape index (κ3) is 2.67. The molecule has 1 heterocycles. The van der Waals surface area contributed by atoms with Crippen molar-refractivity contribution in [2.24, 2.45) is 11.3 Å². The van der Waals surface area contributed by atoms with Crippen molar-refractivity contribution in [3.63, 3.8) is 0 Å². The smallest absolute Gasteiger partial charge is 0.242 e. The molecule has 0 bridgehead atoms. The van der Waals surface area contributed by atoms with E-state index in [1.807, 2.05) is 7.05 Å². The zero-order chi connectivity index (χ0) is 13.0. The number of carbonyl (C=O) groups excluding carboxylic acids is 1. The number of rotatable bonds is 4. The first-order valence-electron chi connectivity index (χ1n) is 6.92. The van der Waals surface area contributed by atoms with Crippen molar-refractivity contribution in [3.8, 4) is 6.07 Å². The summed E-state index contributed by atoms with van der Waals surface area (Å²) in [7, 11) is 1.83. The summed E-state index contributed by atoms with van der Waals surface area (Å²) in [5.41, 5.74) is -0.690. The number of amides is 1. The molecule has 0 atom stereocenters. The minimum absolute atomic E-state index is 0.0308. The maximum absolute atomic E-state index is 12.2. The Morgan fingerprint density at radius 3 is 2.61 bits per heavy atom. The van der Waals surface area contributed by atoms with Gasteiger partial charge in [-0.15, -0.1) is 0 Å². The summed E-state index contributed by atoms with van der Waals surface area (Å²) >= 11 is 0. The summed E-state index contributed by atoms with van der Waals surface area (Å²) in [6.07, 6.45) is 5.73. The fraction of sp³-hybridized carbons (Fsp3) is 0.857. The molecule has 1 aliphatic carbocycles. The van der Waals surface area contributed by atoms with E-state index in [0.29, 0.717) is 5.92 Å². The fourth-order valence-corrected chi connectivity index (χ4v) is 2.78. The SMILES string of the molecule is CN(CCC1CCOCC1)C(=O)C1(C#N)CCC1. The first-order valence-corrected chi connectivity index (χ1v) is 6.92. The zero-order valence-electron chi connectivity index (χ0n) is 11.2. The Balaban J connectivity index is 1.78. The Bertz CT molecular complexity index is 338. The van der Waals surface area contributed by atoms with Gasteiger partial charge in [0.1, 0.15) is 5.41 Å². The number of nitriles is 1. The molecule has 2 rings (SSSR count). The Morgan fingerprint density at radius 1 is 1.44 bits per heavy atom. The molecule has 0 aromatic carbocycles. The highest BCUT2D eigenvalue weighted by molar-refractivity contribution is 5.86. The molecule has 2 aliphatic rings. The molecule has 0 N–H and O–H groups in total. The molecule has 0 radical (unpaired) electrons. The summed E-state index contributed by atoms with van der Waals surface area (Å²) in [4.78, 5) is 14.0. The normalized spacial score (nSPS) is 22.9. The minimum Gasteiger partial charge on any atom is -0.381 e. The Kier molecular flexibility index (Phi) is 4.23. The van der Waals surface area contributed by atoms with Gasteiger partial charge in [0.05, 0.1) is 6.07 Å². The molecule has 2 fully saturated rings. The summed E-state index contributed by atoms with van der Waals surface area (Å²) < 4.78 is 5.33. The highest BCUT2D eigenvalue weighted by Crippen LogP contribution is 2.41. The molecule has 1 saturated carbocycles. The van der Waals surface area contributed by atoms with Crippen LogP contribution < -0.4 is 0 Å². The van der Waals surface area contributed by atoms with E-state index >= 15 is 0 Å². The maximum Gasteiger partial charge on any atom is 0.242 e. The van der Waals surface area contributed by atoms with Gasteiger partial charge in [-0.25, -0.2) is 0 Å². The average Bonchev–Trinajstić information content (AvgIpc) is 2.36. The summed E-state index contributed by atoms with van der Waals surface area (Å²) in [6.45, 7) is 2.47. The molecular weight excluding hydrogens is 228 g/mol. The number of nitrogens with zero attached hydrogens (tertiary/aromatic N) is 2. The highest BCUT2D eigenvalue weighted by Gasteiger charge is 2.46. The van der Waals surface area contributed by atoms with Crippen molar-refractivity contribution in [2.75, 3.05) is 26.8 Å². The first kappa shape index (κ1) is 13.4. The second-order valence-corrected chi connectivity index (χ2v) is 5.62. The van der Waals surface area contributed by atoms with Gasteiger partial charge in [0.2, 0.25) is 5.91 Å². The molecule has 0 spiro atoms. The van der Waals surface area contributed by atoms with Crippen molar-refractivity contribution in [1.82, 2.24) is 4.90 Å². The minimum atomic E-state index is -0.690. The second kappa shape index (κ2) is 5.71. The van der Waals surface area contributed by atoms with Crippen LogP contribution in [-0.4, -0.2) is 37.6 Å². The van der Waals surface area contributed by atoms with Gasteiger partial charge in [-0.1, -0.05) is 0 Å². The lowest BCUT2D eigenvalue weighted by atomic mass is 9.69. The van der Waals surface area contributed by atoms with Crippen LogP contribution >= 0.6 is 0 Å². The van der Waals surface area contributed by atoms with Gasteiger partial charge in [-0.3, -0.25) is 4.79 Å². The van der Waals surface area contributed by atoms with Gasteiger partial charge in [0, 0.05) is 26.8 Å². The molecule has 4 nitrogen and oxygen atoms in total. The number of hydrogen-bond acceptors (Lipinski definition) is 3. The maximum atomic E-state index is 12.2. The average molecular weight is 250 g/mol. The van der Waals surface area contributed by atoms with Gasteiger partial charge < -0.3 is 9.64 Å². The van der Waals surface area contributed by atoms with E-state index in [1.54, 1.807) is 4.90 Å². The molecule has 0 unspecified atom stereocenters. The van der Waals surface area contributed by atoms with E-state index in [-0.39, 0.29) is 5.91 Å². The third-order valence-electron chi connectivity index (χ3n) is 4.39. The van der Waals surface area contributed by atoms with Crippen LogP contribution in [0.4, 0.5) is 0 Å². The Labute approximate surface area is 109 Å². The first-order chi connectivity index (χ1) is 8.68. The molecule has 1 aliphatic heterocycles. The van der Waals surface area contributed by atoms with Crippen LogP contribution in [0.3, 0.4) is 0 Å². The van der Waals surface area contributed by atoms with Crippen molar-refractivity contribution in [2.45, 2.75) is 38.5 Å². The van der Waals surface area contributed by atoms with Crippen molar-refractivity contribution >= 4 is 5.91 Å². The van der Waals surface area contributed by atoms with Crippen LogP contribution in [0.2, 0.25) is 0 Å². The molecule has 100 valence electrons. The molecule has 0 aromatic rings. The standard InChI is InChI=1S/C14H22N2O2/c1-16(8-3-12-4-9-18-10-5-12)13(17)14(11-15)6-2-7-14/h12H,2-10H2,1H3. The number of ether oxygens (including phenoxy) is 1. The van der Waals surface area contributed by atoms with E-state index in [0.717, 1.165) is 58.3 Å². The van der Waals surface area contributed by atoms with Gasteiger partial charge in [0.25, 0.3) is 0 Å². The van der Waals surface area contributed by atoms with E-state index in [4.69, 9.17) is 10.00 Å². The van der Waals surface area contributed by atoms with E-state index in [2.05, 4.69) is 6.07 Å². The van der Waals surface area contributed by atoms with E-state index in [9.17, 15) is 4.79 Å². The van der Waals surface area contributed by atoms with Crippen molar-refractivity contribution in [1.29, 1.82) is 5.26 Å². The molecule has 18 heavy (non-hydrogen) atoms. The molecule has 1 amide bonds. The van der Waals surface area contributed by atoms with Crippen LogP contribution in [0, 0.1) is 22.7 Å². The predicted molar refractivity (Wildman–Crippen MR) is 67.7 cm³/mol. The molecular formula is C14H22N2O2. The van der Waals surface area contributed by atoms with Gasteiger partial charge in [0.15, 0.2) is 0 Å². The van der Waals surface area contributed by atoms with Gasteiger partial charge in [-0.05, 0) is 44.4 Å². The van der Waals surface area contributed by atoms with Crippen LogP contribution in [0.1, 0.15) is 38.5 Å². The fourth-order valence-electron chi connectivity index (χ4n) is 2.78. The summed E-state index contributed by atoms with van der Waals surface area (Å²) in [5, 5.41) is 9.16. The van der Waals surface area contributed by atoms with Crippen LogP contribution in [-0.2, 0) is 9.53 Å². The largest absolute Gasteiger partial charge is 0.381 e. The zero-order valence-corrected chi connectivity index (χ0v) is 11.2. The Hall–Kier alpha value is -1.08. The predicted octanol–water partition coefficient (Wildman–Crippen LogP) is 1.96. The molecule has 1 saturated heterocycles. The van der Waals surface area contributed by atoms with Crippen LogP contribution in [0.25, 0.3) is 0 Å². The Morgan fingerprint density at radius 2 is 2.11 bits per heavy atom. The number of hydrogen-bond donors (Lipinski definition) is 0. The van der Waals surface area contributed by atoms with E-state index < -0.39 is 5.41 Å². The van der Waals surface area contributed by atoms with Crippen molar-refractivity contribution in [3.05, 3.63) is 0 Å². The second-order valence-electron chi connectivity index (χ2n) is 5.62. The lowest BCUT2D eigenvalue weighted by molar-refractivity contribution is -0.141. The highest BCUT2D eigenvalue weighted by atomic mass is 16.5. The van der Waals surface area contributed by atoms with Gasteiger partial charge in [-0.2, -0.15) is 5.26 Å². The summed E-state index contributed by atoms with van der Waals surface area (Å²) in [5.74, 6) is 0.705. The third-order valence-corrected chi connectivity index (χ3v) is 4.39. The monoisotopic (exact) mass is 250 g/mol. The van der Waals surface area contributed by atoms with Crippen molar-refractivity contribution < 1.29 is 9.53 Å². The quantitative estimate of drug-likeness (QED) is 0.766.